The predicted molar refractivity (Wildman–Crippen MR) is 111 cm³/mol. The zero-order valence-electron chi connectivity index (χ0n) is 15.9. The maximum Gasteiger partial charge on any atom is 0.326 e. The summed E-state index contributed by atoms with van der Waals surface area (Å²) in [6.07, 6.45) is -1.10. The van der Waals surface area contributed by atoms with Crippen LogP contribution in [0.5, 0.6) is 0 Å². The number of nitrogens with one attached hydrogen (secondary N) is 1. The Morgan fingerprint density at radius 1 is 0.862 bits per heavy atom. The van der Waals surface area contributed by atoms with Crippen LogP contribution in [0.1, 0.15) is 11.1 Å². The zero-order chi connectivity index (χ0) is 20.8. The van der Waals surface area contributed by atoms with Gasteiger partial charge in [0.2, 0.25) is 0 Å². The molecule has 3 aromatic carbocycles. The van der Waals surface area contributed by atoms with Gasteiger partial charge in [0.25, 0.3) is 5.91 Å². The Bertz CT molecular complexity index is 990. The number of aliphatic carboxylic acids is 1. The third kappa shape index (κ3) is 5.40. The van der Waals surface area contributed by atoms with Crippen molar-refractivity contribution in [2.45, 2.75) is 31.0 Å². The third-order valence-electron chi connectivity index (χ3n) is 4.86. The van der Waals surface area contributed by atoms with Crippen molar-refractivity contribution in [2.75, 3.05) is 0 Å². The van der Waals surface area contributed by atoms with Crippen molar-refractivity contribution in [1.82, 2.24) is 5.32 Å². The average Bonchev–Trinajstić information content (AvgIpc) is 2.73. The molecule has 0 radical (unpaired) electrons. The molecular weight excluding hydrogens is 368 g/mol. The first-order valence-corrected chi connectivity index (χ1v) is 9.42. The summed E-state index contributed by atoms with van der Waals surface area (Å²) in [5.74, 6) is -1.96. The monoisotopic (exact) mass is 392 g/mol. The molecule has 0 bridgehead atoms. The number of aliphatic hydroxyl groups is 1. The van der Waals surface area contributed by atoms with Gasteiger partial charge in [0.1, 0.15) is 12.1 Å². The van der Waals surface area contributed by atoms with Crippen molar-refractivity contribution in [1.29, 1.82) is 0 Å². The topological polar surface area (TPSA) is 113 Å². The van der Waals surface area contributed by atoms with Crippen molar-refractivity contribution in [3.05, 3.63) is 83.9 Å². The van der Waals surface area contributed by atoms with E-state index in [0.29, 0.717) is 6.42 Å². The minimum absolute atomic E-state index is 0.104. The van der Waals surface area contributed by atoms with E-state index < -0.39 is 30.1 Å². The molecule has 5 N–H and O–H groups in total. The van der Waals surface area contributed by atoms with E-state index in [4.69, 9.17) is 5.73 Å². The van der Waals surface area contributed by atoms with Gasteiger partial charge in [-0.05, 0) is 28.3 Å². The fraction of sp³-hybridized carbons (Fsp3) is 0.217. The number of nitrogens with two attached hydrogens (primary N) is 1. The maximum absolute atomic E-state index is 12.4. The zero-order valence-corrected chi connectivity index (χ0v) is 15.9. The molecule has 1 amide bonds. The van der Waals surface area contributed by atoms with Gasteiger partial charge in [-0.15, -0.1) is 0 Å². The number of fused-ring (bicyclic) bond motifs is 1. The van der Waals surface area contributed by atoms with Gasteiger partial charge in [-0.25, -0.2) is 4.79 Å². The van der Waals surface area contributed by atoms with Gasteiger partial charge in [0.05, 0.1) is 0 Å². The highest BCUT2D eigenvalue weighted by Gasteiger charge is 2.28. The molecule has 150 valence electrons. The van der Waals surface area contributed by atoms with E-state index in [9.17, 15) is 19.8 Å². The Kier molecular flexibility index (Phi) is 6.59. The van der Waals surface area contributed by atoms with E-state index in [0.717, 1.165) is 21.9 Å². The largest absolute Gasteiger partial charge is 0.480 e. The molecule has 0 fully saturated rings. The van der Waals surface area contributed by atoms with Crippen molar-refractivity contribution < 1.29 is 19.8 Å². The molecule has 0 aliphatic rings. The predicted octanol–water partition coefficient (Wildman–Crippen LogP) is 1.88. The normalized spacial score (nSPS) is 14.1. The van der Waals surface area contributed by atoms with Gasteiger partial charge in [0, 0.05) is 12.5 Å². The van der Waals surface area contributed by atoms with Crippen LogP contribution < -0.4 is 11.1 Å². The van der Waals surface area contributed by atoms with E-state index >= 15 is 0 Å². The number of rotatable bonds is 8. The van der Waals surface area contributed by atoms with Crippen molar-refractivity contribution >= 4 is 22.6 Å². The number of carboxylic acid groups (broad SMARTS) is 1. The van der Waals surface area contributed by atoms with Gasteiger partial charge in [-0.2, -0.15) is 0 Å². The summed E-state index contributed by atoms with van der Waals surface area (Å²) in [5.41, 5.74) is 7.62. The molecule has 0 aliphatic heterocycles. The Hall–Kier alpha value is -3.22. The van der Waals surface area contributed by atoms with Crippen LogP contribution >= 0.6 is 0 Å². The molecule has 6 heteroatoms. The van der Waals surface area contributed by atoms with Gasteiger partial charge < -0.3 is 21.3 Å². The number of carbonyl (C=O) groups is 2. The molecule has 3 atom stereocenters. The average molecular weight is 392 g/mol. The van der Waals surface area contributed by atoms with Crippen LogP contribution in [0.4, 0.5) is 0 Å². The Morgan fingerprint density at radius 3 is 2.21 bits per heavy atom. The fourth-order valence-corrected chi connectivity index (χ4v) is 3.25. The highest BCUT2D eigenvalue weighted by molar-refractivity contribution is 5.87. The van der Waals surface area contributed by atoms with E-state index in [1.54, 1.807) is 0 Å². The molecular formula is C23H24N2O4. The summed E-state index contributed by atoms with van der Waals surface area (Å²) < 4.78 is 0. The van der Waals surface area contributed by atoms with Gasteiger partial charge in [0.15, 0.2) is 0 Å². The number of hydrogen-bond donors (Lipinski definition) is 4. The maximum atomic E-state index is 12.4. The number of aliphatic hydroxyl groups excluding tert-OH is 1. The third-order valence-corrected chi connectivity index (χ3v) is 4.86. The Balaban J connectivity index is 1.65. The summed E-state index contributed by atoms with van der Waals surface area (Å²) in [4.78, 5) is 24.0. The summed E-state index contributed by atoms with van der Waals surface area (Å²) in [5, 5.41) is 24.2. The minimum Gasteiger partial charge on any atom is -0.480 e. The second kappa shape index (κ2) is 9.32. The number of amides is 1. The minimum atomic E-state index is -1.51. The van der Waals surface area contributed by atoms with Crippen LogP contribution in [-0.2, 0) is 22.4 Å². The molecule has 0 heterocycles. The second-order valence-electron chi connectivity index (χ2n) is 7.08. The molecule has 0 saturated carbocycles. The molecule has 3 rings (SSSR count). The van der Waals surface area contributed by atoms with Crippen molar-refractivity contribution in [2.24, 2.45) is 5.73 Å². The van der Waals surface area contributed by atoms with Gasteiger partial charge in [-0.3, -0.25) is 4.79 Å². The molecule has 0 aromatic heterocycles. The van der Waals surface area contributed by atoms with E-state index in [1.165, 1.54) is 0 Å². The highest BCUT2D eigenvalue weighted by atomic mass is 16.4. The molecule has 0 unspecified atom stereocenters. The first-order valence-electron chi connectivity index (χ1n) is 9.42. The number of benzene rings is 3. The van der Waals surface area contributed by atoms with Crippen LogP contribution in [0.3, 0.4) is 0 Å². The number of carbonyl (C=O) groups excluding carboxylic acids is 1. The molecule has 6 nitrogen and oxygen atoms in total. The van der Waals surface area contributed by atoms with Crippen LogP contribution in [0.2, 0.25) is 0 Å². The molecule has 0 saturated heterocycles. The van der Waals surface area contributed by atoms with E-state index in [1.807, 2.05) is 72.8 Å². The van der Waals surface area contributed by atoms with Crippen LogP contribution in [0.15, 0.2) is 72.8 Å². The lowest BCUT2D eigenvalue weighted by atomic mass is 9.99. The van der Waals surface area contributed by atoms with Gasteiger partial charge in [-0.1, -0.05) is 72.8 Å². The smallest absolute Gasteiger partial charge is 0.326 e. The first kappa shape index (κ1) is 20.5. The molecule has 0 spiro atoms. The number of hydrogen-bond acceptors (Lipinski definition) is 4. The molecule has 3 aromatic rings. The SMILES string of the molecule is N[C@H](Cc1ccccc1)[C@H](O)C(=O)N[C@@H](Cc1ccc2ccccc2c1)C(=O)O. The van der Waals surface area contributed by atoms with E-state index in [2.05, 4.69) is 5.32 Å². The quantitative estimate of drug-likeness (QED) is 0.468. The lowest BCUT2D eigenvalue weighted by Gasteiger charge is -2.21. The second-order valence-corrected chi connectivity index (χ2v) is 7.08. The Morgan fingerprint density at radius 2 is 1.52 bits per heavy atom. The number of carboxylic acids is 1. The van der Waals surface area contributed by atoms with Crippen LogP contribution in [0, 0.1) is 0 Å². The summed E-state index contributed by atoms with van der Waals surface area (Å²) in [7, 11) is 0. The first-order chi connectivity index (χ1) is 13.9. The standard InChI is InChI=1S/C23H24N2O4/c24-19(13-15-6-2-1-3-7-15)21(26)22(27)25-20(23(28)29)14-16-10-11-17-8-4-5-9-18(17)12-16/h1-12,19-21,26H,13-14,24H2,(H,25,27)(H,28,29)/t19-,20+,21+/m1/s1. The lowest BCUT2D eigenvalue weighted by Crippen LogP contribution is -2.52. The van der Waals surface area contributed by atoms with E-state index in [-0.39, 0.29) is 6.42 Å². The van der Waals surface area contributed by atoms with Crippen LogP contribution in [-0.4, -0.2) is 40.3 Å². The summed E-state index contributed by atoms with van der Waals surface area (Å²) in [6, 6.07) is 20.7. The fourth-order valence-electron chi connectivity index (χ4n) is 3.25. The molecule has 0 aliphatic carbocycles. The lowest BCUT2D eigenvalue weighted by molar-refractivity contribution is -0.143. The summed E-state index contributed by atoms with van der Waals surface area (Å²) in [6.45, 7) is 0. The van der Waals surface area contributed by atoms with Crippen molar-refractivity contribution in [3.63, 3.8) is 0 Å². The Labute approximate surface area is 169 Å². The highest BCUT2D eigenvalue weighted by Crippen LogP contribution is 2.17. The molecule has 29 heavy (non-hydrogen) atoms. The van der Waals surface area contributed by atoms with Gasteiger partial charge >= 0.3 is 5.97 Å². The van der Waals surface area contributed by atoms with Crippen molar-refractivity contribution in [3.8, 4) is 0 Å². The van der Waals surface area contributed by atoms with Crippen LogP contribution in [0.25, 0.3) is 10.8 Å². The summed E-state index contributed by atoms with van der Waals surface area (Å²) >= 11 is 0.